The van der Waals surface area contributed by atoms with Gasteiger partial charge >= 0.3 is 5.92 Å². The van der Waals surface area contributed by atoms with E-state index in [4.69, 9.17) is 0 Å². The predicted octanol–water partition coefficient (Wildman–Crippen LogP) is 4.75. The fourth-order valence-corrected chi connectivity index (χ4v) is 3.90. The van der Waals surface area contributed by atoms with E-state index in [1.807, 2.05) is 6.92 Å². The summed E-state index contributed by atoms with van der Waals surface area (Å²) in [5.41, 5.74) is -1.00. The van der Waals surface area contributed by atoms with E-state index in [1.54, 1.807) is 42.5 Å². The van der Waals surface area contributed by atoms with Crippen molar-refractivity contribution in [3.8, 4) is 0 Å². The summed E-state index contributed by atoms with van der Waals surface area (Å²) in [6.45, 7) is 1.96. The molecule has 3 nitrogen and oxygen atoms in total. The SMILES string of the molecule is CCc1ccc(C2(C(F)(F)C(=O)c3ccccc3)NC(=O)c3ccccc32)cc1. The molecule has 0 spiro atoms. The van der Waals surface area contributed by atoms with Crippen molar-refractivity contribution in [2.45, 2.75) is 24.8 Å². The monoisotopic (exact) mass is 391 g/mol. The second kappa shape index (κ2) is 6.92. The Kier molecular flexibility index (Phi) is 4.53. The Morgan fingerprint density at radius 3 is 2.21 bits per heavy atom. The van der Waals surface area contributed by atoms with Crippen LogP contribution in [0.5, 0.6) is 0 Å². The highest BCUT2D eigenvalue weighted by Gasteiger charge is 2.65. The summed E-state index contributed by atoms with van der Waals surface area (Å²) < 4.78 is 32.0. The number of Topliss-reactive ketones (excluding diaryl/α,β-unsaturated/α-hetero) is 1. The molecule has 1 amide bonds. The molecule has 3 aromatic carbocycles. The van der Waals surface area contributed by atoms with Crippen molar-refractivity contribution in [2.24, 2.45) is 0 Å². The van der Waals surface area contributed by atoms with Gasteiger partial charge in [0.1, 0.15) is 0 Å². The average molecular weight is 391 g/mol. The van der Waals surface area contributed by atoms with Crippen LogP contribution in [0.1, 0.15) is 44.3 Å². The molecular weight excluding hydrogens is 372 g/mol. The lowest BCUT2D eigenvalue weighted by molar-refractivity contribution is -0.0411. The third-order valence-corrected chi connectivity index (χ3v) is 5.46. The fraction of sp³-hybridized carbons (Fsp3) is 0.167. The number of amides is 1. The van der Waals surface area contributed by atoms with E-state index in [1.165, 1.54) is 36.4 Å². The first kappa shape index (κ1) is 19.0. The molecule has 4 rings (SSSR count). The summed E-state index contributed by atoms with van der Waals surface area (Å²) in [6.07, 6.45) is 0.746. The summed E-state index contributed by atoms with van der Waals surface area (Å²) >= 11 is 0. The number of nitrogens with one attached hydrogen (secondary N) is 1. The molecule has 0 saturated carbocycles. The predicted molar refractivity (Wildman–Crippen MR) is 106 cm³/mol. The van der Waals surface area contributed by atoms with Crippen LogP contribution >= 0.6 is 0 Å². The molecule has 0 saturated heterocycles. The van der Waals surface area contributed by atoms with Gasteiger partial charge in [0.05, 0.1) is 0 Å². The molecule has 1 aliphatic rings. The van der Waals surface area contributed by atoms with E-state index in [2.05, 4.69) is 5.32 Å². The van der Waals surface area contributed by atoms with Gasteiger partial charge in [-0.15, -0.1) is 0 Å². The number of hydrogen-bond acceptors (Lipinski definition) is 2. The van der Waals surface area contributed by atoms with E-state index < -0.39 is 23.2 Å². The van der Waals surface area contributed by atoms with Crippen LogP contribution in [0, 0.1) is 0 Å². The number of hydrogen-bond donors (Lipinski definition) is 1. The lowest BCUT2D eigenvalue weighted by Gasteiger charge is -2.37. The summed E-state index contributed by atoms with van der Waals surface area (Å²) in [4.78, 5) is 25.6. The molecule has 5 heteroatoms. The van der Waals surface area contributed by atoms with Crippen molar-refractivity contribution in [3.63, 3.8) is 0 Å². The number of benzene rings is 3. The van der Waals surface area contributed by atoms with Gasteiger partial charge in [-0.2, -0.15) is 8.78 Å². The number of halogens is 2. The molecule has 0 bridgehead atoms. The van der Waals surface area contributed by atoms with Crippen LogP contribution in [0.15, 0.2) is 78.9 Å². The lowest BCUT2D eigenvalue weighted by atomic mass is 9.75. The van der Waals surface area contributed by atoms with Gasteiger partial charge in [-0.05, 0) is 23.6 Å². The second-order valence-electron chi connectivity index (χ2n) is 7.07. The van der Waals surface area contributed by atoms with Crippen LogP contribution in [0.25, 0.3) is 0 Å². The largest absolute Gasteiger partial charge is 0.340 e. The van der Waals surface area contributed by atoms with E-state index in [-0.39, 0.29) is 22.3 Å². The van der Waals surface area contributed by atoms with Crippen LogP contribution in [0.4, 0.5) is 8.78 Å². The molecule has 1 atom stereocenters. The standard InChI is InChI=1S/C24H19F2NO2/c1-2-16-12-14-18(15-13-16)23(20-11-7-6-10-19(20)22(29)27-23)24(25,26)21(28)17-8-4-3-5-9-17/h3-15H,2H2,1H3,(H,27,29). The summed E-state index contributed by atoms with van der Waals surface area (Å²) in [7, 11) is 0. The summed E-state index contributed by atoms with van der Waals surface area (Å²) in [5.74, 6) is -5.87. The molecule has 1 N–H and O–H groups in total. The first-order chi connectivity index (χ1) is 13.9. The van der Waals surface area contributed by atoms with Crippen LogP contribution < -0.4 is 5.32 Å². The quantitative estimate of drug-likeness (QED) is 0.638. The molecule has 0 fully saturated rings. The average Bonchev–Trinajstić information content (AvgIpc) is 3.08. The van der Waals surface area contributed by atoms with Crippen LogP contribution in [0.2, 0.25) is 0 Å². The molecule has 0 aromatic heterocycles. The van der Waals surface area contributed by atoms with Gasteiger partial charge in [0.25, 0.3) is 5.91 Å². The third kappa shape index (κ3) is 2.77. The number of fused-ring (bicyclic) bond motifs is 1. The third-order valence-electron chi connectivity index (χ3n) is 5.46. The molecular formula is C24H19F2NO2. The highest BCUT2D eigenvalue weighted by molar-refractivity contribution is 6.07. The minimum absolute atomic E-state index is 0.100. The van der Waals surface area contributed by atoms with Crippen LogP contribution in [-0.2, 0) is 12.0 Å². The van der Waals surface area contributed by atoms with Crippen LogP contribution in [-0.4, -0.2) is 17.6 Å². The van der Waals surface area contributed by atoms with Crippen molar-refractivity contribution in [3.05, 3.63) is 107 Å². The van der Waals surface area contributed by atoms with E-state index in [9.17, 15) is 9.59 Å². The highest BCUT2D eigenvalue weighted by Crippen LogP contribution is 2.49. The fourth-order valence-electron chi connectivity index (χ4n) is 3.90. The number of rotatable bonds is 5. The molecule has 1 heterocycles. The molecule has 3 aromatic rings. The summed E-state index contributed by atoms with van der Waals surface area (Å²) in [5, 5.41) is 2.47. The zero-order chi connectivity index (χ0) is 20.6. The molecule has 0 aliphatic carbocycles. The number of carbonyl (C=O) groups is 2. The van der Waals surface area contributed by atoms with E-state index in [0.717, 1.165) is 12.0 Å². The molecule has 0 radical (unpaired) electrons. The van der Waals surface area contributed by atoms with Gasteiger partial charge in [-0.3, -0.25) is 9.59 Å². The molecule has 29 heavy (non-hydrogen) atoms. The first-order valence-electron chi connectivity index (χ1n) is 9.41. The second-order valence-corrected chi connectivity index (χ2v) is 7.07. The Hall–Kier alpha value is -3.34. The molecule has 1 aliphatic heterocycles. The highest BCUT2D eigenvalue weighted by atomic mass is 19.3. The van der Waals surface area contributed by atoms with Gasteiger partial charge in [0.15, 0.2) is 5.54 Å². The number of carbonyl (C=O) groups excluding carboxylic acids is 2. The first-order valence-corrected chi connectivity index (χ1v) is 9.41. The Labute approximate surface area is 167 Å². The smallest absolute Gasteiger partial charge is 0.333 e. The Balaban J connectivity index is 1.97. The number of alkyl halides is 2. The zero-order valence-corrected chi connectivity index (χ0v) is 15.8. The summed E-state index contributed by atoms with van der Waals surface area (Å²) in [6, 6.07) is 20.2. The minimum atomic E-state index is -3.91. The van der Waals surface area contributed by atoms with Crippen molar-refractivity contribution in [1.29, 1.82) is 0 Å². The van der Waals surface area contributed by atoms with Crippen molar-refractivity contribution in [1.82, 2.24) is 5.32 Å². The van der Waals surface area contributed by atoms with Crippen molar-refractivity contribution < 1.29 is 18.4 Å². The van der Waals surface area contributed by atoms with Gasteiger partial charge in [-0.1, -0.05) is 79.7 Å². The molecule has 146 valence electrons. The van der Waals surface area contributed by atoms with Gasteiger partial charge in [0.2, 0.25) is 5.78 Å². The zero-order valence-electron chi connectivity index (χ0n) is 15.8. The maximum Gasteiger partial charge on any atom is 0.340 e. The van der Waals surface area contributed by atoms with E-state index >= 15 is 8.78 Å². The lowest BCUT2D eigenvalue weighted by Crippen LogP contribution is -2.58. The van der Waals surface area contributed by atoms with Crippen LogP contribution in [0.3, 0.4) is 0 Å². The maximum absolute atomic E-state index is 16.0. The van der Waals surface area contributed by atoms with Crippen molar-refractivity contribution in [2.75, 3.05) is 0 Å². The Bertz CT molecular complexity index is 1080. The normalized spacial score (nSPS) is 18.2. The topological polar surface area (TPSA) is 46.2 Å². The maximum atomic E-state index is 16.0. The minimum Gasteiger partial charge on any atom is -0.333 e. The Morgan fingerprint density at radius 2 is 1.55 bits per heavy atom. The van der Waals surface area contributed by atoms with Gasteiger partial charge in [0, 0.05) is 16.7 Å². The van der Waals surface area contributed by atoms with Gasteiger partial charge < -0.3 is 5.32 Å². The van der Waals surface area contributed by atoms with E-state index in [0.29, 0.717) is 0 Å². The molecule has 1 unspecified atom stereocenters. The number of ketones is 1. The Morgan fingerprint density at radius 1 is 0.931 bits per heavy atom. The number of aryl methyl sites for hydroxylation is 1. The van der Waals surface area contributed by atoms with Crippen molar-refractivity contribution >= 4 is 11.7 Å². The van der Waals surface area contributed by atoms with Gasteiger partial charge in [-0.25, -0.2) is 0 Å².